The van der Waals surface area contributed by atoms with Gasteiger partial charge in [-0.2, -0.15) is 9.78 Å². The molecule has 0 saturated carbocycles. The van der Waals surface area contributed by atoms with Crippen LogP contribution in [0.4, 0.5) is 24.5 Å². The molecule has 1 unspecified atom stereocenters. The quantitative estimate of drug-likeness (QED) is 0.392. The molecular formula is C23H23ClF3N5O3S. The molecule has 0 spiro atoms. The lowest BCUT2D eigenvalue weighted by Gasteiger charge is -2.22. The fraction of sp³-hybridized carbons (Fsp3) is 0.348. The molecule has 36 heavy (non-hydrogen) atoms. The van der Waals surface area contributed by atoms with Gasteiger partial charge in [-0.3, -0.25) is 4.79 Å². The average Bonchev–Trinajstić information content (AvgIpc) is 2.86. The van der Waals surface area contributed by atoms with E-state index >= 15 is 0 Å². The molecule has 4 rings (SSSR count). The van der Waals surface area contributed by atoms with E-state index in [1.807, 2.05) is 0 Å². The highest BCUT2D eigenvalue weighted by atomic mass is 35.5. The van der Waals surface area contributed by atoms with Gasteiger partial charge in [0.15, 0.2) is 0 Å². The predicted molar refractivity (Wildman–Crippen MR) is 132 cm³/mol. The van der Waals surface area contributed by atoms with Crippen molar-refractivity contribution in [1.82, 2.24) is 14.8 Å². The van der Waals surface area contributed by atoms with Gasteiger partial charge in [-0.05, 0) is 55.2 Å². The molecule has 192 valence electrons. The third-order valence-corrected chi connectivity index (χ3v) is 6.66. The maximum atomic E-state index is 12.8. The predicted octanol–water partition coefficient (Wildman–Crippen LogP) is 5.16. The Labute approximate surface area is 214 Å². The van der Waals surface area contributed by atoms with Crippen LogP contribution in [0.25, 0.3) is 5.69 Å². The summed E-state index contributed by atoms with van der Waals surface area (Å²) in [5.41, 5.74) is 1.08. The van der Waals surface area contributed by atoms with Crippen molar-refractivity contribution in [2.75, 3.05) is 36.4 Å². The number of anilines is 2. The Morgan fingerprint density at radius 1 is 1.25 bits per heavy atom. The van der Waals surface area contributed by atoms with Crippen molar-refractivity contribution in [2.24, 2.45) is 5.92 Å². The second-order valence-corrected chi connectivity index (χ2v) is 9.56. The first kappa shape index (κ1) is 26.1. The molecule has 13 heteroatoms. The Balaban J connectivity index is 1.39. The molecule has 1 aliphatic rings. The second kappa shape index (κ2) is 11.4. The molecule has 8 nitrogen and oxygen atoms in total. The van der Waals surface area contributed by atoms with Gasteiger partial charge in [0, 0.05) is 37.8 Å². The topological polar surface area (TPSA) is 81.5 Å². The Kier molecular flexibility index (Phi) is 8.27. The van der Waals surface area contributed by atoms with Gasteiger partial charge >= 0.3 is 6.36 Å². The SMILES string of the molecule is CN(Sc1ccc(-n2ncc(NCC3CCCOC3)c(Cl)c2=O)cn1)c1ccc(OC(F)(F)F)cc1. The minimum absolute atomic E-state index is 0.0397. The van der Waals surface area contributed by atoms with Gasteiger partial charge in [0.25, 0.3) is 5.56 Å². The van der Waals surface area contributed by atoms with E-state index in [-0.39, 0.29) is 10.8 Å². The third-order valence-electron chi connectivity index (χ3n) is 5.38. The Hall–Kier alpha value is -2.96. The molecule has 1 aromatic carbocycles. The Morgan fingerprint density at radius 2 is 2.03 bits per heavy atom. The van der Waals surface area contributed by atoms with Gasteiger partial charge in [-0.1, -0.05) is 11.6 Å². The molecule has 1 atom stereocenters. The van der Waals surface area contributed by atoms with Crippen molar-refractivity contribution >= 4 is 34.9 Å². The van der Waals surface area contributed by atoms with Crippen LogP contribution in [0.2, 0.25) is 5.02 Å². The van der Waals surface area contributed by atoms with Crippen LogP contribution in [0.15, 0.2) is 58.6 Å². The van der Waals surface area contributed by atoms with Crippen molar-refractivity contribution in [2.45, 2.75) is 24.2 Å². The highest BCUT2D eigenvalue weighted by molar-refractivity contribution is 8.00. The van der Waals surface area contributed by atoms with Crippen LogP contribution in [0.3, 0.4) is 0 Å². The summed E-state index contributed by atoms with van der Waals surface area (Å²) in [5.74, 6) is 0.0590. The number of nitrogens with one attached hydrogen (secondary N) is 1. The lowest BCUT2D eigenvalue weighted by molar-refractivity contribution is -0.274. The van der Waals surface area contributed by atoms with Crippen LogP contribution >= 0.6 is 23.5 Å². The lowest BCUT2D eigenvalue weighted by atomic mass is 10.0. The van der Waals surface area contributed by atoms with Gasteiger partial charge in [0.05, 0.1) is 30.4 Å². The molecule has 1 N–H and O–H groups in total. The fourth-order valence-corrected chi connectivity index (χ4v) is 4.50. The lowest BCUT2D eigenvalue weighted by Crippen LogP contribution is -2.26. The van der Waals surface area contributed by atoms with E-state index in [4.69, 9.17) is 16.3 Å². The van der Waals surface area contributed by atoms with Crippen molar-refractivity contribution < 1.29 is 22.6 Å². The van der Waals surface area contributed by atoms with Crippen LogP contribution in [0.1, 0.15) is 12.8 Å². The molecule has 1 aliphatic heterocycles. The summed E-state index contributed by atoms with van der Waals surface area (Å²) < 4.78 is 49.3. The summed E-state index contributed by atoms with van der Waals surface area (Å²) in [4.78, 5) is 17.1. The fourth-order valence-electron chi connectivity index (χ4n) is 3.57. The van der Waals surface area contributed by atoms with E-state index in [1.54, 1.807) is 23.5 Å². The van der Waals surface area contributed by atoms with Crippen molar-refractivity contribution in [3.63, 3.8) is 0 Å². The number of aromatic nitrogens is 3. The van der Waals surface area contributed by atoms with Gasteiger partial charge in [0.1, 0.15) is 15.8 Å². The van der Waals surface area contributed by atoms with Crippen molar-refractivity contribution in [1.29, 1.82) is 0 Å². The van der Waals surface area contributed by atoms with Crippen LogP contribution < -0.4 is 19.9 Å². The maximum absolute atomic E-state index is 12.8. The van der Waals surface area contributed by atoms with E-state index < -0.39 is 11.9 Å². The number of rotatable bonds is 8. The van der Waals surface area contributed by atoms with Crippen LogP contribution in [-0.4, -0.2) is 47.9 Å². The number of pyridine rings is 1. The maximum Gasteiger partial charge on any atom is 0.573 e. The molecular weight excluding hydrogens is 519 g/mol. The molecule has 3 heterocycles. The van der Waals surface area contributed by atoms with Gasteiger partial charge in [-0.15, -0.1) is 13.2 Å². The van der Waals surface area contributed by atoms with Crippen LogP contribution in [0.5, 0.6) is 5.75 Å². The number of alkyl halides is 3. The molecule has 1 saturated heterocycles. The second-order valence-electron chi connectivity index (χ2n) is 8.04. The molecule has 0 bridgehead atoms. The first-order valence-corrected chi connectivity index (χ1v) is 12.2. The Bertz CT molecular complexity index is 1220. The van der Waals surface area contributed by atoms with Crippen LogP contribution in [-0.2, 0) is 4.74 Å². The number of benzene rings is 1. The summed E-state index contributed by atoms with van der Waals surface area (Å²) >= 11 is 7.57. The van der Waals surface area contributed by atoms with E-state index in [0.717, 1.165) is 19.4 Å². The first-order chi connectivity index (χ1) is 17.2. The van der Waals surface area contributed by atoms with E-state index in [2.05, 4.69) is 20.1 Å². The smallest absolute Gasteiger partial charge is 0.406 e. The number of halogens is 4. The zero-order chi connectivity index (χ0) is 25.7. The molecule has 2 aromatic heterocycles. The molecule has 0 aliphatic carbocycles. The standard InChI is InChI=1S/C23H23ClF3N5O3S/c1-31(16-4-7-18(8-5-16)35-23(25,26)27)36-20-9-6-17(12-29-20)32-22(33)21(24)19(13-30-32)28-11-15-3-2-10-34-14-15/h4-9,12-13,15,28H,2-3,10-11,14H2,1H3. The van der Waals surface area contributed by atoms with Crippen molar-refractivity contribution in [3.8, 4) is 11.4 Å². The number of hydrogen-bond donors (Lipinski definition) is 1. The molecule has 0 radical (unpaired) electrons. The Morgan fingerprint density at radius 3 is 2.67 bits per heavy atom. The van der Waals surface area contributed by atoms with Crippen molar-refractivity contribution in [3.05, 3.63) is 64.2 Å². The summed E-state index contributed by atoms with van der Waals surface area (Å²) in [5, 5.41) is 8.05. The highest BCUT2D eigenvalue weighted by Crippen LogP contribution is 2.30. The summed E-state index contributed by atoms with van der Waals surface area (Å²) in [6.07, 6.45) is 0.331. The molecule has 1 fully saturated rings. The third kappa shape index (κ3) is 6.83. The van der Waals surface area contributed by atoms with E-state index in [9.17, 15) is 18.0 Å². The van der Waals surface area contributed by atoms with Gasteiger partial charge in [-0.25, -0.2) is 4.98 Å². The zero-order valence-corrected chi connectivity index (χ0v) is 20.7. The summed E-state index contributed by atoms with van der Waals surface area (Å²) in [6, 6.07) is 8.87. The molecule has 3 aromatic rings. The van der Waals surface area contributed by atoms with Gasteiger partial charge < -0.3 is 19.1 Å². The average molecular weight is 542 g/mol. The largest absolute Gasteiger partial charge is 0.573 e. The minimum atomic E-state index is -4.74. The monoisotopic (exact) mass is 541 g/mol. The van der Waals surface area contributed by atoms with Gasteiger partial charge in [0.2, 0.25) is 0 Å². The molecule has 0 amide bonds. The zero-order valence-electron chi connectivity index (χ0n) is 19.2. The normalized spacial score (nSPS) is 16.0. The number of hydrogen-bond acceptors (Lipinski definition) is 8. The van der Waals surface area contributed by atoms with E-state index in [1.165, 1.54) is 53.3 Å². The van der Waals surface area contributed by atoms with E-state index in [0.29, 0.717) is 41.2 Å². The van der Waals surface area contributed by atoms with Crippen LogP contribution in [0, 0.1) is 5.92 Å². The first-order valence-electron chi connectivity index (χ1n) is 11.0. The number of nitrogens with zero attached hydrogens (tertiary/aromatic N) is 4. The number of ether oxygens (including phenoxy) is 2. The summed E-state index contributed by atoms with van der Waals surface area (Å²) in [6.45, 7) is 2.10. The summed E-state index contributed by atoms with van der Waals surface area (Å²) in [7, 11) is 1.75. The minimum Gasteiger partial charge on any atom is -0.406 e. The highest BCUT2D eigenvalue weighted by Gasteiger charge is 2.31.